The molecule has 1 amide bonds. The lowest BCUT2D eigenvalue weighted by Crippen LogP contribution is -2.36. The predicted octanol–water partition coefficient (Wildman–Crippen LogP) is 2.47. The number of nitro benzene ring substituents is 1. The molecule has 1 aromatic carbocycles. The SMILES string of the molecule is CC(C1CC1)N(C)C(=O)c1ccc([N+](=O)[O-])cc1. The standard InChI is InChI=1S/C13H16N2O3/c1-9(10-3-4-10)14(2)13(16)11-5-7-12(8-6-11)15(17)18/h5-10H,3-4H2,1-2H3. The number of carbonyl (C=O) groups is 1. The summed E-state index contributed by atoms with van der Waals surface area (Å²) in [5.74, 6) is 0.529. The highest BCUT2D eigenvalue weighted by molar-refractivity contribution is 5.94. The van der Waals surface area contributed by atoms with E-state index in [0.717, 1.165) is 0 Å². The van der Waals surface area contributed by atoms with Gasteiger partial charge in [-0.3, -0.25) is 14.9 Å². The molecule has 5 heteroatoms. The molecule has 0 saturated heterocycles. The molecule has 0 N–H and O–H groups in total. The molecule has 2 rings (SSSR count). The van der Waals surface area contributed by atoms with Gasteiger partial charge in [0.15, 0.2) is 0 Å². The van der Waals surface area contributed by atoms with Crippen molar-refractivity contribution in [1.82, 2.24) is 4.90 Å². The van der Waals surface area contributed by atoms with E-state index in [-0.39, 0.29) is 17.6 Å². The molecule has 0 bridgehead atoms. The fraction of sp³-hybridized carbons (Fsp3) is 0.462. The fourth-order valence-corrected chi connectivity index (χ4v) is 2.01. The van der Waals surface area contributed by atoms with Crippen LogP contribution in [0.3, 0.4) is 0 Å². The molecule has 0 spiro atoms. The molecule has 5 nitrogen and oxygen atoms in total. The number of benzene rings is 1. The van der Waals surface area contributed by atoms with Crippen molar-refractivity contribution in [2.75, 3.05) is 7.05 Å². The summed E-state index contributed by atoms with van der Waals surface area (Å²) < 4.78 is 0. The highest BCUT2D eigenvalue weighted by atomic mass is 16.6. The van der Waals surface area contributed by atoms with Crippen LogP contribution >= 0.6 is 0 Å². The van der Waals surface area contributed by atoms with Crippen LogP contribution in [0.4, 0.5) is 5.69 Å². The average Bonchev–Trinajstić information content (AvgIpc) is 3.20. The van der Waals surface area contributed by atoms with Crippen LogP contribution in [0.15, 0.2) is 24.3 Å². The number of hydrogen-bond acceptors (Lipinski definition) is 3. The number of hydrogen-bond donors (Lipinski definition) is 0. The fourth-order valence-electron chi connectivity index (χ4n) is 2.01. The summed E-state index contributed by atoms with van der Waals surface area (Å²) in [4.78, 5) is 23.9. The Morgan fingerprint density at radius 2 is 1.94 bits per heavy atom. The van der Waals surface area contributed by atoms with Gasteiger partial charge in [-0.15, -0.1) is 0 Å². The number of rotatable bonds is 4. The van der Waals surface area contributed by atoms with Gasteiger partial charge >= 0.3 is 0 Å². The quantitative estimate of drug-likeness (QED) is 0.607. The van der Waals surface area contributed by atoms with Crippen molar-refractivity contribution in [1.29, 1.82) is 0 Å². The third kappa shape index (κ3) is 2.50. The minimum atomic E-state index is -0.467. The highest BCUT2D eigenvalue weighted by Crippen LogP contribution is 2.35. The molecule has 1 fully saturated rings. The lowest BCUT2D eigenvalue weighted by atomic mass is 10.1. The van der Waals surface area contributed by atoms with Crippen LogP contribution in [-0.4, -0.2) is 28.8 Å². The van der Waals surface area contributed by atoms with Crippen LogP contribution in [0.1, 0.15) is 30.1 Å². The van der Waals surface area contributed by atoms with Crippen molar-refractivity contribution in [2.45, 2.75) is 25.8 Å². The number of non-ortho nitro benzene ring substituents is 1. The second-order valence-electron chi connectivity index (χ2n) is 4.80. The minimum Gasteiger partial charge on any atom is -0.339 e. The molecule has 1 aromatic rings. The molecule has 0 radical (unpaired) electrons. The van der Waals surface area contributed by atoms with Crippen LogP contribution in [0, 0.1) is 16.0 Å². The van der Waals surface area contributed by atoms with E-state index in [2.05, 4.69) is 0 Å². The van der Waals surface area contributed by atoms with Gasteiger partial charge in [0.2, 0.25) is 0 Å². The van der Waals surface area contributed by atoms with Crippen LogP contribution < -0.4 is 0 Å². The third-order valence-corrected chi connectivity index (χ3v) is 3.56. The molecule has 1 saturated carbocycles. The van der Waals surface area contributed by atoms with E-state index in [1.165, 1.54) is 37.1 Å². The first kappa shape index (κ1) is 12.5. The highest BCUT2D eigenvalue weighted by Gasteiger charge is 2.32. The molecule has 1 atom stereocenters. The Balaban J connectivity index is 2.10. The van der Waals surface area contributed by atoms with Crippen molar-refractivity contribution in [3.63, 3.8) is 0 Å². The van der Waals surface area contributed by atoms with Crippen LogP contribution in [0.5, 0.6) is 0 Å². The van der Waals surface area contributed by atoms with Gasteiger partial charge in [0.1, 0.15) is 0 Å². The van der Waals surface area contributed by atoms with Gasteiger partial charge < -0.3 is 4.90 Å². The van der Waals surface area contributed by atoms with E-state index in [1.807, 2.05) is 6.92 Å². The predicted molar refractivity (Wildman–Crippen MR) is 67.4 cm³/mol. The van der Waals surface area contributed by atoms with Crippen LogP contribution in [0.25, 0.3) is 0 Å². The number of nitrogens with zero attached hydrogens (tertiary/aromatic N) is 2. The molecule has 1 unspecified atom stereocenters. The van der Waals surface area contributed by atoms with E-state index >= 15 is 0 Å². The van der Waals surface area contributed by atoms with E-state index in [4.69, 9.17) is 0 Å². The topological polar surface area (TPSA) is 63.5 Å². The lowest BCUT2D eigenvalue weighted by Gasteiger charge is -2.24. The van der Waals surface area contributed by atoms with E-state index in [1.54, 1.807) is 11.9 Å². The van der Waals surface area contributed by atoms with Gasteiger partial charge in [0, 0.05) is 30.8 Å². The second-order valence-corrected chi connectivity index (χ2v) is 4.80. The van der Waals surface area contributed by atoms with Gasteiger partial charge in [0.05, 0.1) is 4.92 Å². The van der Waals surface area contributed by atoms with Gasteiger partial charge in [-0.1, -0.05) is 0 Å². The average molecular weight is 248 g/mol. The van der Waals surface area contributed by atoms with Crippen LogP contribution in [0.2, 0.25) is 0 Å². The van der Waals surface area contributed by atoms with Crippen molar-refractivity contribution in [2.24, 2.45) is 5.92 Å². The Morgan fingerprint density at radius 1 is 1.39 bits per heavy atom. The van der Waals surface area contributed by atoms with Crippen molar-refractivity contribution in [3.05, 3.63) is 39.9 Å². The molecule has 96 valence electrons. The largest absolute Gasteiger partial charge is 0.339 e. The summed E-state index contributed by atoms with van der Waals surface area (Å²) in [5.41, 5.74) is 0.500. The third-order valence-electron chi connectivity index (χ3n) is 3.56. The maximum Gasteiger partial charge on any atom is 0.269 e. The Morgan fingerprint density at radius 3 is 2.39 bits per heavy atom. The van der Waals surface area contributed by atoms with Gasteiger partial charge in [0.25, 0.3) is 11.6 Å². The number of carbonyl (C=O) groups excluding carboxylic acids is 1. The smallest absolute Gasteiger partial charge is 0.269 e. The normalized spacial score (nSPS) is 16.1. The van der Waals surface area contributed by atoms with Crippen molar-refractivity contribution in [3.8, 4) is 0 Å². The molecule has 0 aliphatic heterocycles. The number of amides is 1. The summed E-state index contributed by atoms with van der Waals surface area (Å²) in [6.45, 7) is 2.04. The molecule has 0 aromatic heterocycles. The summed E-state index contributed by atoms with van der Waals surface area (Å²) >= 11 is 0. The molecule has 1 aliphatic rings. The van der Waals surface area contributed by atoms with E-state index in [9.17, 15) is 14.9 Å². The van der Waals surface area contributed by atoms with Crippen LogP contribution in [-0.2, 0) is 0 Å². The Bertz CT molecular complexity index is 466. The van der Waals surface area contributed by atoms with Gasteiger partial charge in [-0.05, 0) is 37.8 Å². The number of nitro groups is 1. The summed E-state index contributed by atoms with van der Waals surface area (Å²) in [6.07, 6.45) is 2.36. The first-order chi connectivity index (χ1) is 8.50. The lowest BCUT2D eigenvalue weighted by molar-refractivity contribution is -0.384. The van der Waals surface area contributed by atoms with Crippen molar-refractivity contribution >= 4 is 11.6 Å². The maximum atomic E-state index is 12.2. The molecular formula is C13H16N2O3. The monoisotopic (exact) mass is 248 g/mol. The molecule has 0 heterocycles. The molecule has 1 aliphatic carbocycles. The zero-order chi connectivity index (χ0) is 13.3. The molecule has 18 heavy (non-hydrogen) atoms. The second kappa shape index (κ2) is 4.76. The molecular weight excluding hydrogens is 232 g/mol. The Labute approximate surface area is 106 Å². The Hall–Kier alpha value is -1.91. The van der Waals surface area contributed by atoms with E-state index < -0.39 is 4.92 Å². The minimum absolute atomic E-state index is 0.00412. The Kier molecular flexibility index (Phi) is 3.32. The van der Waals surface area contributed by atoms with E-state index in [0.29, 0.717) is 11.5 Å². The zero-order valence-electron chi connectivity index (χ0n) is 10.5. The summed E-state index contributed by atoms with van der Waals surface area (Å²) in [7, 11) is 1.78. The van der Waals surface area contributed by atoms with Gasteiger partial charge in [-0.2, -0.15) is 0 Å². The summed E-state index contributed by atoms with van der Waals surface area (Å²) in [6, 6.07) is 5.98. The first-order valence-corrected chi connectivity index (χ1v) is 6.02. The zero-order valence-corrected chi connectivity index (χ0v) is 10.5. The van der Waals surface area contributed by atoms with Gasteiger partial charge in [-0.25, -0.2) is 0 Å². The maximum absolute atomic E-state index is 12.2. The first-order valence-electron chi connectivity index (χ1n) is 6.02. The van der Waals surface area contributed by atoms with Crippen molar-refractivity contribution < 1.29 is 9.72 Å². The summed E-state index contributed by atoms with van der Waals surface area (Å²) in [5, 5.41) is 10.5.